The van der Waals surface area contributed by atoms with E-state index in [4.69, 9.17) is 4.74 Å². The number of carbonyl (C=O) groups excluding carboxylic acids is 2. The quantitative estimate of drug-likeness (QED) is 0.662. The molecule has 96 valence electrons. The van der Waals surface area contributed by atoms with Gasteiger partial charge in [-0.05, 0) is 60.6 Å². The first kappa shape index (κ1) is 13.3. The average molecular weight is 359 g/mol. The van der Waals surface area contributed by atoms with Gasteiger partial charge in [0.2, 0.25) is 0 Å². The highest BCUT2D eigenvalue weighted by molar-refractivity contribution is 14.1. The molecule has 1 N–H and O–H groups in total. The summed E-state index contributed by atoms with van der Waals surface area (Å²) in [7, 11) is 0. The highest BCUT2D eigenvalue weighted by Gasteiger charge is 2.27. The number of halogens is 1. The topological polar surface area (TPSA) is 55.4 Å². The Labute approximate surface area is 119 Å². The van der Waals surface area contributed by atoms with Gasteiger partial charge in [0, 0.05) is 9.61 Å². The zero-order valence-corrected chi connectivity index (χ0v) is 12.1. The van der Waals surface area contributed by atoms with Crippen molar-refractivity contribution < 1.29 is 14.3 Å². The number of carbonyl (C=O) groups is 2. The molecule has 0 aromatic heterocycles. The Balaban J connectivity index is 1.91. The van der Waals surface area contributed by atoms with Crippen LogP contribution in [0.15, 0.2) is 24.3 Å². The van der Waals surface area contributed by atoms with Crippen LogP contribution in [0.4, 0.5) is 0 Å². The Bertz CT molecular complexity index is 471. The first-order valence-corrected chi connectivity index (χ1v) is 6.91. The Morgan fingerprint density at radius 2 is 2.17 bits per heavy atom. The maximum atomic E-state index is 11.8. The van der Waals surface area contributed by atoms with Crippen molar-refractivity contribution in [3.63, 3.8) is 0 Å². The van der Waals surface area contributed by atoms with Gasteiger partial charge in [0.15, 0.2) is 6.10 Å². The summed E-state index contributed by atoms with van der Waals surface area (Å²) in [6.07, 6.45) is 1.28. The zero-order valence-electron chi connectivity index (χ0n) is 9.98. The average Bonchev–Trinajstić information content (AvgIpc) is 3.12. The second kappa shape index (κ2) is 5.69. The largest absolute Gasteiger partial charge is 0.449 e. The number of amides is 1. The van der Waals surface area contributed by atoms with E-state index >= 15 is 0 Å². The van der Waals surface area contributed by atoms with Gasteiger partial charge >= 0.3 is 5.97 Å². The first-order valence-electron chi connectivity index (χ1n) is 5.83. The maximum absolute atomic E-state index is 11.8. The molecular weight excluding hydrogens is 345 g/mol. The number of hydrogen-bond acceptors (Lipinski definition) is 3. The number of ether oxygens (including phenoxy) is 1. The summed E-state index contributed by atoms with van der Waals surface area (Å²) in [5.41, 5.74) is 0.466. The molecule has 18 heavy (non-hydrogen) atoms. The Morgan fingerprint density at radius 1 is 1.44 bits per heavy atom. The Hall–Kier alpha value is -1.11. The van der Waals surface area contributed by atoms with E-state index in [0.29, 0.717) is 5.56 Å². The molecule has 0 spiro atoms. The molecule has 1 aromatic carbocycles. The van der Waals surface area contributed by atoms with Gasteiger partial charge in [-0.1, -0.05) is 6.07 Å². The van der Waals surface area contributed by atoms with Crippen LogP contribution in [0.3, 0.4) is 0 Å². The summed E-state index contributed by atoms with van der Waals surface area (Å²) in [6.45, 7) is 1.59. The number of rotatable bonds is 4. The third kappa shape index (κ3) is 3.69. The molecule has 1 atom stereocenters. The lowest BCUT2D eigenvalue weighted by molar-refractivity contribution is -0.129. The summed E-state index contributed by atoms with van der Waals surface area (Å²) < 4.78 is 6.08. The van der Waals surface area contributed by atoms with Crippen molar-refractivity contribution >= 4 is 34.5 Å². The second-order valence-corrected chi connectivity index (χ2v) is 5.59. The lowest BCUT2D eigenvalue weighted by Crippen LogP contribution is -2.37. The molecule has 1 aliphatic rings. The van der Waals surface area contributed by atoms with Crippen molar-refractivity contribution in [2.75, 3.05) is 0 Å². The van der Waals surface area contributed by atoms with Crippen molar-refractivity contribution in [1.82, 2.24) is 5.32 Å². The molecule has 0 radical (unpaired) electrons. The summed E-state index contributed by atoms with van der Waals surface area (Å²) in [6, 6.07) is 7.36. The molecule has 2 rings (SSSR count). The molecule has 0 aliphatic heterocycles. The molecule has 1 aromatic rings. The van der Waals surface area contributed by atoms with Crippen molar-refractivity contribution in [2.24, 2.45) is 0 Å². The summed E-state index contributed by atoms with van der Waals surface area (Å²) in [4.78, 5) is 23.4. The van der Waals surface area contributed by atoms with E-state index in [-0.39, 0.29) is 11.9 Å². The van der Waals surface area contributed by atoms with Crippen LogP contribution in [0.2, 0.25) is 0 Å². The van der Waals surface area contributed by atoms with Gasteiger partial charge in [0.05, 0.1) is 5.56 Å². The van der Waals surface area contributed by atoms with Gasteiger partial charge in [0.25, 0.3) is 5.91 Å². The molecule has 0 bridgehead atoms. The summed E-state index contributed by atoms with van der Waals surface area (Å²) in [5.74, 6) is -0.691. The number of nitrogens with one attached hydrogen (secondary N) is 1. The third-order valence-electron chi connectivity index (χ3n) is 2.64. The normalized spacial score (nSPS) is 15.9. The van der Waals surface area contributed by atoms with Crippen molar-refractivity contribution in [1.29, 1.82) is 0 Å². The highest BCUT2D eigenvalue weighted by atomic mass is 127. The van der Waals surface area contributed by atoms with Gasteiger partial charge in [0.1, 0.15) is 0 Å². The monoisotopic (exact) mass is 359 g/mol. The van der Waals surface area contributed by atoms with Gasteiger partial charge in [-0.3, -0.25) is 4.79 Å². The molecule has 1 fully saturated rings. The maximum Gasteiger partial charge on any atom is 0.338 e. The summed E-state index contributed by atoms with van der Waals surface area (Å²) in [5, 5.41) is 2.80. The van der Waals surface area contributed by atoms with Crippen LogP contribution in [-0.2, 0) is 9.53 Å². The van der Waals surface area contributed by atoms with Crippen LogP contribution >= 0.6 is 22.6 Å². The minimum Gasteiger partial charge on any atom is -0.449 e. The fourth-order valence-corrected chi connectivity index (χ4v) is 1.99. The molecule has 0 saturated heterocycles. The van der Waals surface area contributed by atoms with Crippen LogP contribution in [0, 0.1) is 3.57 Å². The van der Waals surface area contributed by atoms with Gasteiger partial charge in [-0.2, -0.15) is 0 Å². The van der Waals surface area contributed by atoms with Crippen LogP contribution in [-0.4, -0.2) is 24.0 Å². The second-order valence-electron chi connectivity index (χ2n) is 4.34. The minimum absolute atomic E-state index is 0.225. The van der Waals surface area contributed by atoms with E-state index in [1.54, 1.807) is 25.1 Å². The zero-order chi connectivity index (χ0) is 13.1. The lowest BCUT2D eigenvalue weighted by Gasteiger charge is -2.13. The predicted octanol–water partition coefficient (Wildman–Crippen LogP) is 2.12. The number of benzene rings is 1. The van der Waals surface area contributed by atoms with E-state index in [1.807, 2.05) is 6.07 Å². The van der Waals surface area contributed by atoms with Crippen LogP contribution in [0.5, 0.6) is 0 Å². The van der Waals surface area contributed by atoms with E-state index in [2.05, 4.69) is 27.9 Å². The molecule has 0 heterocycles. The molecule has 1 saturated carbocycles. The molecule has 1 amide bonds. The first-order chi connectivity index (χ1) is 8.56. The van der Waals surface area contributed by atoms with Crippen LogP contribution in [0.25, 0.3) is 0 Å². The molecular formula is C13H14INO3. The predicted molar refractivity (Wildman–Crippen MR) is 75.2 cm³/mol. The van der Waals surface area contributed by atoms with E-state index < -0.39 is 12.1 Å². The number of hydrogen-bond donors (Lipinski definition) is 1. The Kier molecular flexibility index (Phi) is 4.21. The van der Waals surface area contributed by atoms with Crippen molar-refractivity contribution in [2.45, 2.75) is 31.9 Å². The molecule has 0 unspecified atom stereocenters. The molecule has 5 heteroatoms. The molecule has 4 nitrogen and oxygen atoms in total. The Morgan fingerprint density at radius 3 is 2.78 bits per heavy atom. The minimum atomic E-state index is -0.754. The third-order valence-corrected chi connectivity index (χ3v) is 3.31. The SMILES string of the molecule is C[C@H](OC(=O)c1cccc(I)c1)C(=O)NC1CC1. The fraction of sp³-hybridized carbons (Fsp3) is 0.385. The lowest BCUT2D eigenvalue weighted by atomic mass is 10.2. The highest BCUT2D eigenvalue weighted by Crippen LogP contribution is 2.19. The smallest absolute Gasteiger partial charge is 0.338 e. The van der Waals surface area contributed by atoms with Gasteiger partial charge in [-0.25, -0.2) is 4.79 Å². The van der Waals surface area contributed by atoms with E-state index in [0.717, 1.165) is 16.4 Å². The van der Waals surface area contributed by atoms with Crippen molar-refractivity contribution in [3.05, 3.63) is 33.4 Å². The van der Waals surface area contributed by atoms with Crippen LogP contribution in [0.1, 0.15) is 30.1 Å². The fourth-order valence-electron chi connectivity index (χ4n) is 1.44. The summed E-state index contributed by atoms with van der Waals surface area (Å²) >= 11 is 2.12. The number of esters is 1. The standard InChI is InChI=1S/C13H14INO3/c1-8(12(16)15-11-5-6-11)18-13(17)9-3-2-4-10(14)7-9/h2-4,7-8,11H,5-6H2,1H3,(H,15,16)/t8-/m0/s1. The van der Waals surface area contributed by atoms with Gasteiger partial charge in [-0.15, -0.1) is 0 Å². The van der Waals surface area contributed by atoms with Gasteiger partial charge < -0.3 is 10.1 Å². The van der Waals surface area contributed by atoms with Crippen molar-refractivity contribution in [3.8, 4) is 0 Å². The molecule has 1 aliphatic carbocycles. The van der Waals surface area contributed by atoms with Crippen LogP contribution < -0.4 is 5.32 Å². The van der Waals surface area contributed by atoms with E-state index in [1.165, 1.54) is 0 Å². The van der Waals surface area contributed by atoms with E-state index in [9.17, 15) is 9.59 Å².